The van der Waals surface area contributed by atoms with Crippen LogP contribution in [0.3, 0.4) is 0 Å². The number of carbonyl (C=O) groups excluding carboxylic acids is 1. The van der Waals surface area contributed by atoms with Crippen molar-refractivity contribution in [2.75, 3.05) is 19.8 Å². The quantitative estimate of drug-likeness (QED) is 0.836. The molecule has 1 aromatic rings. The summed E-state index contributed by atoms with van der Waals surface area (Å²) in [6.07, 6.45) is 3.69. The van der Waals surface area contributed by atoms with Crippen molar-refractivity contribution >= 4 is 18.3 Å². The Morgan fingerprint density at radius 1 is 1.24 bits per heavy atom. The van der Waals surface area contributed by atoms with E-state index in [-0.39, 0.29) is 30.3 Å². The molecule has 1 amide bonds. The predicted molar refractivity (Wildman–Crippen MR) is 99.5 cm³/mol. The summed E-state index contributed by atoms with van der Waals surface area (Å²) < 4.78 is 5.36. The van der Waals surface area contributed by atoms with Gasteiger partial charge in [-0.25, -0.2) is 0 Å². The number of rotatable bonds is 5. The van der Waals surface area contributed by atoms with E-state index < -0.39 is 12.1 Å². The van der Waals surface area contributed by atoms with E-state index in [1.165, 1.54) is 0 Å². The standard InChI is InChI=1S/C19H28N2O3.ClH/c20-18(15-8-11-24-12-9-15)19(23)21-10-4-7-16(21)13-17(22)14-5-2-1-3-6-14;/h1-3,5-6,15-18,22H,4,7-13,20H2;1H. The van der Waals surface area contributed by atoms with Crippen LogP contribution < -0.4 is 5.73 Å². The highest BCUT2D eigenvalue weighted by atomic mass is 35.5. The van der Waals surface area contributed by atoms with Gasteiger partial charge in [-0.2, -0.15) is 0 Å². The van der Waals surface area contributed by atoms with Gasteiger partial charge in [-0.1, -0.05) is 30.3 Å². The highest BCUT2D eigenvalue weighted by molar-refractivity contribution is 5.85. The number of nitrogens with two attached hydrogens (primary N) is 1. The second-order valence-electron chi connectivity index (χ2n) is 6.97. The minimum atomic E-state index is -0.538. The van der Waals surface area contributed by atoms with E-state index in [0.29, 0.717) is 19.6 Å². The molecule has 0 radical (unpaired) electrons. The summed E-state index contributed by atoms with van der Waals surface area (Å²) in [5.41, 5.74) is 7.17. The number of carbonyl (C=O) groups is 1. The summed E-state index contributed by atoms with van der Waals surface area (Å²) in [6.45, 7) is 2.14. The van der Waals surface area contributed by atoms with Crippen molar-refractivity contribution in [1.29, 1.82) is 0 Å². The van der Waals surface area contributed by atoms with Gasteiger partial charge in [0.15, 0.2) is 0 Å². The van der Waals surface area contributed by atoms with Crippen molar-refractivity contribution in [2.45, 2.75) is 50.3 Å². The van der Waals surface area contributed by atoms with Gasteiger partial charge < -0.3 is 20.5 Å². The van der Waals surface area contributed by atoms with Gasteiger partial charge in [0.1, 0.15) is 0 Å². The van der Waals surface area contributed by atoms with E-state index in [9.17, 15) is 9.90 Å². The lowest BCUT2D eigenvalue weighted by atomic mass is 9.91. The van der Waals surface area contributed by atoms with E-state index in [1.54, 1.807) is 0 Å². The van der Waals surface area contributed by atoms with Crippen LogP contribution in [0.5, 0.6) is 0 Å². The lowest BCUT2D eigenvalue weighted by Gasteiger charge is -2.33. The fourth-order valence-electron chi connectivity index (χ4n) is 3.91. The van der Waals surface area contributed by atoms with Crippen LogP contribution in [0.25, 0.3) is 0 Å². The topological polar surface area (TPSA) is 75.8 Å². The van der Waals surface area contributed by atoms with Crippen molar-refractivity contribution in [3.63, 3.8) is 0 Å². The van der Waals surface area contributed by atoms with Crippen molar-refractivity contribution in [2.24, 2.45) is 11.7 Å². The van der Waals surface area contributed by atoms with Crippen LogP contribution in [0.15, 0.2) is 30.3 Å². The van der Waals surface area contributed by atoms with Gasteiger partial charge in [0, 0.05) is 25.8 Å². The molecule has 3 rings (SSSR count). The minimum absolute atomic E-state index is 0. The number of aliphatic hydroxyl groups excluding tert-OH is 1. The number of amides is 1. The van der Waals surface area contributed by atoms with Gasteiger partial charge in [-0.15, -0.1) is 12.4 Å². The molecule has 3 N–H and O–H groups in total. The third-order valence-corrected chi connectivity index (χ3v) is 5.40. The zero-order valence-electron chi connectivity index (χ0n) is 14.5. The molecular weight excluding hydrogens is 340 g/mol. The Morgan fingerprint density at radius 2 is 1.92 bits per heavy atom. The Hall–Kier alpha value is -1.14. The first-order valence-corrected chi connectivity index (χ1v) is 9.03. The summed E-state index contributed by atoms with van der Waals surface area (Å²) in [5.74, 6) is 0.260. The molecule has 2 fully saturated rings. The Kier molecular flexibility index (Phi) is 7.69. The molecule has 140 valence electrons. The molecule has 3 unspecified atom stereocenters. The summed E-state index contributed by atoms with van der Waals surface area (Å²) in [5, 5.41) is 10.5. The van der Waals surface area contributed by atoms with Crippen LogP contribution in [0, 0.1) is 5.92 Å². The second-order valence-corrected chi connectivity index (χ2v) is 6.97. The van der Waals surface area contributed by atoms with E-state index in [1.807, 2.05) is 35.2 Å². The van der Waals surface area contributed by atoms with E-state index in [0.717, 1.165) is 37.8 Å². The summed E-state index contributed by atoms with van der Waals surface area (Å²) >= 11 is 0. The van der Waals surface area contributed by atoms with E-state index >= 15 is 0 Å². The largest absolute Gasteiger partial charge is 0.388 e. The average Bonchev–Trinajstić information content (AvgIpc) is 3.10. The number of ether oxygens (including phenoxy) is 1. The summed E-state index contributed by atoms with van der Waals surface area (Å²) in [6, 6.07) is 9.30. The molecule has 6 heteroatoms. The molecule has 2 saturated heterocycles. The molecule has 0 spiro atoms. The van der Waals surface area contributed by atoms with Gasteiger partial charge in [0.05, 0.1) is 12.1 Å². The van der Waals surface area contributed by atoms with Crippen LogP contribution in [-0.2, 0) is 9.53 Å². The number of nitrogens with zero attached hydrogens (tertiary/aromatic N) is 1. The maximum absolute atomic E-state index is 12.9. The monoisotopic (exact) mass is 368 g/mol. The van der Waals surface area contributed by atoms with Crippen LogP contribution in [0.4, 0.5) is 0 Å². The molecule has 3 atom stereocenters. The van der Waals surface area contributed by atoms with Gasteiger partial charge in [0.25, 0.3) is 0 Å². The van der Waals surface area contributed by atoms with Gasteiger partial charge in [-0.3, -0.25) is 4.79 Å². The highest BCUT2D eigenvalue weighted by Crippen LogP contribution is 2.29. The van der Waals surface area contributed by atoms with Crippen LogP contribution in [0.1, 0.15) is 43.8 Å². The third kappa shape index (κ3) is 4.94. The molecule has 25 heavy (non-hydrogen) atoms. The number of hydrogen-bond acceptors (Lipinski definition) is 4. The second kappa shape index (κ2) is 9.53. The summed E-state index contributed by atoms with van der Waals surface area (Å²) in [4.78, 5) is 14.8. The number of benzene rings is 1. The third-order valence-electron chi connectivity index (χ3n) is 5.40. The fourth-order valence-corrected chi connectivity index (χ4v) is 3.91. The van der Waals surface area contributed by atoms with Crippen LogP contribution in [0.2, 0.25) is 0 Å². The Labute approximate surface area is 155 Å². The van der Waals surface area contributed by atoms with Crippen molar-refractivity contribution in [1.82, 2.24) is 4.90 Å². The van der Waals surface area contributed by atoms with Gasteiger partial charge >= 0.3 is 0 Å². The van der Waals surface area contributed by atoms with E-state index in [2.05, 4.69) is 0 Å². The van der Waals surface area contributed by atoms with Crippen LogP contribution >= 0.6 is 12.4 Å². The SMILES string of the molecule is Cl.NC(C(=O)N1CCCC1CC(O)c1ccccc1)C1CCOCC1. The molecule has 0 bridgehead atoms. The number of aliphatic hydroxyl groups is 1. The number of likely N-dealkylation sites (tertiary alicyclic amines) is 1. The first-order chi connectivity index (χ1) is 11.7. The molecule has 2 aliphatic rings. The predicted octanol–water partition coefficient (Wildman–Crippen LogP) is 2.28. The fraction of sp³-hybridized carbons (Fsp3) is 0.632. The Morgan fingerprint density at radius 3 is 2.60 bits per heavy atom. The smallest absolute Gasteiger partial charge is 0.240 e. The lowest BCUT2D eigenvalue weighted by molar-refractivity contribution is -0.136. The maximum atomic E-state index is 12.9. The number of halogens is 1. The number of hydrogen-bond donors (Lipinski definition) is 2. The molecule has 0 aliphatic carbocycles. The minimum Gasteiger partial charge on any atom is -0.388 e. The zero-order valence-corrected chi connectivity index (χ0v) is 15.4. The van der Waals surface area contributed by atoms with Crippen molar-refractivity contribution < 1.29 is 14.6 Å². The van der Waals surface area contributed by atoms with Gasteiger partial charge in [-0.05, 0) is 43.6 Å². The average molecular weight is 369 g/mol. The first kappa shape index (κ1) is 20.2. The molecule has 2 aliphatic heterocycles. The van der Waals surface area contributed by atoms with Crippen molar-refractivity contribution in [3.8, 4) is 0 Å². The maximum Gasteiger partial charge on any atom is 0.240 e. The van der Waals surface area contributed by atoms with E-state index in [4.69, 9.17) is 10.5 Å². The molecule has 5 nitrogen and oxygen atoms in total. The molecule has 0 saturated carbocycles. The van der Waals surface area contributed by atoms with Crippen LogP contribution in [-0.4, -0.2) is 47.8 Å². The Balaban J connectivity index is 0.00000225. The summed E-state index contributed by atoms with van der Waals surface area (Å²) in [7, 11) is 0. The first-order valence-electron chi connectivity index (χ1n) is 9.03. The molecule has 1 aromatic carbocycles. The molecule has 2 heterocycles. The van der Waals surface area contributed by atoms with Crippen molar-refractivity contribution in [3.05, 3.63) is 35.9 Å². The Bertz CT molecular complexity index is 537. The highest BCUT2D eigenvalue weighted by Gasteiger charge is 2.36. The van der Waals surface area contributed by atoms with Gasteiger partial charge in [0.2, 0.25) is 5.91 Å². The molecule has 0 aromatic heterocycles. The lowest BCUT2D eigenvalue weighted by Crippen LogP contribution is -2.50. The molecular formula is C19H29ClN2O3. The normalized spacial score (nSPS) is 23.8. The zero-order chi connectivity index (χ0) is 16.9.